The van der Waals surface area contributed by atoms with Gasteiger partial charge in [0.25, 0.3) is 0 Å². The molecule has 0 amide bonds. The Bertz CT molecular complexity index is 271. The number of benzene rings is 1. The summed E-state index contributed by atoms with van der Waals surface area (Å²) in [6, 6.07) is 8.72. The molecule has 15 heavy (non-hydrogen) atoms. The van der Waals surface area contributed by atoms with E-state index >= 15 is 0 Å². The molecule has 3 N–H and O–H groups in total. The van der Waals surface area contributed by atoms with Gasteiger partial charge in [0.15, 0.2) is 0 Å². The first-order valence-electron chi connectivity index (χ1n) is 5.32. The van der Waals surface area contributed by atoms with E-state index in [2.05, 4.69) is 35.8 Å². The molecule has 0 heterocycles. The maximum Gasteiger partial charge on any atom is 0.0295 e. The third-order valence-corrected chi connectivity index (χ3v) is 3.23. The number of rotatable bonds is 6. The fourth-order valence-corrected chi connectivity index (χ4v) is 1.92. The lowest BCUT2D eigenvalue weighted by molar-refractivity contribution is 0.590. The molecule has 1 aromatic rings. The van der Waals surface area contributed by atoms with E-state index in [0.717, 1.165) is 19.4 Å². The first kappa shape index (κ1) is 12.6. The summed E-state index contributed by atoms with van der Waals surface area (Å²) in [6.45, 7) is 1.04. The summed E-state index contributed by atoms with van der Waals surface area (Å²) < 4.78 is 0. The second-order valence-corrected chi connectivity index (χ2v) is 4.51. The summed E-state index contributed by atoms with van der Waals surface area (Å²) in [6.07, 6.45) is 4.25. The normalized spacial score (nSPS) is 12.7. The Hall–Kier alpha value is -0.510. The third-order valence-electron chi connectivity index (χ3n) is 2.49. The van der Waals surface area contributed by atoms with Gasteiger partial charge in [0, 0.05) is 10.9 Å². The summed E-state index contributed by atoms with van der Waals surface area (Å²) in [4.78, 5) is 1.29. The fraction of sp³-hybridized carbons (Fsp3) is 0.500. The quantitative estimate of drug-likeness (QED) is 0.575. The van der Waals surface area contributed by atoms with Gasteiger partial charge in [-0.1, -0.05) is 12.1 Å². The van der Waals surface area contributed by atoms with Crippen LogP contribution < -0.4 is 11.1 Å². The van der Waals surface area contributed by atoms with Crippen LogP contribution >= 0.6 is 11.8 Å². The monoisotopic (exact) mass is 224 g/mol. The van der Waals surface area contributed by atoms with Crippen LogP contribution in [0.15, 0.2) is 29.2 Å². The zero-order chi connectivity index (χ0) is 11.1. The SMILES string of the molecule is CNCCCC(N)c1ccc(SC)cc1. The van der Waals surface area contributed by atoms with Crippen LogP contribution in [0.5, 0.6) is 0 Å². The van der Waals surface area contributed by atoms with Crippen LogP contribution in [-0.4, -0.2) is 19.8 Å². The van der Waals surface area contributed by atoms with Crippen molar-refractivity contribution in [2.24, 2.45) is 5.73 Å². The van der Waals surface area contributed by atoms with Crippen molar-refractivity contribution in [3.05, 3.63) is 29.8 Å². The highest BCUT2D eigenvalue weighted by molar-refractivity contribution is 7.98. The molecule has 1 unspecified atom stereocenters. The molecule has 0 aliphatic carbocycles. The van der Waals surface area contributed by atoms with Gasteiger partial charge in [0.1, 0.15) is 0 Å². The van der Waals surface area contributed by atoms with Crippen molar-refractivity contribution in [3.63, 3.8) is 0 Å². The van der Waals surface area contributed by atoms with Crippen molar-refractivity contribution in [1.82, 2.24) is 5.32 Å². The molecule has 0 aliphatic heterocycles. The molecule has 0 saturated heterocycles. The van der Waals surface area contributed by atoms with E-state index in [1.165, 1.54) is 10.5 Å². The summed E-state index contributed by atoms with van der Waals surface area (Å²) in [5, 5.41) is 3.13. The van der Waals surface area contributed by atoms with Crippen LogP contribution in [-0.2, 0) is 0 Å². The minimum atomic E-state index is 0.175. The van der Waals surface area contributed by atoms with Crippen molar-refractivity contribution in [3.8, 4) is 0 Å². The van der Waals surface area contributed by atoms with Gasteiger partial charge >= 0.3 is 0 Å². The molecule has 2 nitrogen and oxygen atoms in total. The summed E-state index contributed by atoms with van der Waals surface area (Å²) >= 11 is 1.76. The van der Waals surface area contributed by atoms with Crippen molar-refractivity contribution < 1.29 is 0 Å². The lowest BCUT2D eigenvalue weighted by Gasteiger charge is -2.12. The van der Waals surface area contributed by atoms with E-state index in [1.807, 2.05) is 7.05 Å². The molecule has 3 heteroatoms. The van der Waals surface area contributed by atoms with Gasteiger partial charge in [-0.25, -0.2) is 0 Å². The molecule has 1 rings (SSSR count). The lowest BCUT2D eigenvalue weighted by atomic mass is 10.0. The van der Waals surface area contributed by atoms with Gasteiger partial charge < -0.3 is 11.1 Å². The van der Waals surface area contributed by atoms with Gasteiger partial charge in [0.2, 0.25) is 0 Å². The van der Waals surface area contributed by atoms with Crippen molar-refractivity contribution in [1.29, 1.82) is 0 Å². The molecule has 0 bridgehead atoms. The van der Waals surface area contributed by atoms with E-state index in [-0.39, 0.29) is 6.04 Å². The van der Waals surface area contributed by atoms with Gasteiger partial charge in [0.05, 0.1) is 0 Å². The van der Waals surface area contributed by atoms with Crippen LogP contribution in [0.4, 0.5) is 0 Å². The molecule has 0 radical (unpaired) electrons. The molecular formula is C12H20N2S. The maximum atomic E-state index is 6.09. The van der Waals surface area contributed by atoms with Crippen molar-refractivity contribution >= 4 is 11.8 Å². The summed E-state index contributed by atoms with van der Waals surface area (Å²) in [7, 11) is 1.97. The Balaban J connectivity index is 2.46. The second-order valence-electron chi connectivity index (χ2n) is 3.63. The second kappa shape index (κ2) is 6.88. The predicted molar refractivity (Wildman–Crippen MR) is 68.3 cm³/mol. The van der Waals surface area contributed by atoms with Crippen LogP contribution in [0.1, 0.15) is 24.4 Å². The molecule has 0 saturated carbocycles. The van der Waals surface area contributed by atoms with Gasteiger partial charge in [-0.15, -0.1) is 11.8 Å². The average molecular weight is 224 g/mol. The molecule has 0 spiro atoms. The Kier molecular flexibility index (Phi) is 5.76. The molecular weight excluding hydrogens is 204 g/mol. The molecule has 0 fully saturated rings. The number of thioether (sulfide) groups is 1. The first-order valence-corrected chi connectivity index (χ1v) is 6.54. The minimum Gasteiger partial charge on any atom is -0.324 e. The highest BCUT2D eigenvalue weighted by atomic mass is 32.2. The Labute approximate surface area is 96.6 Å². The largest absolute Gasteiger partial charge is 0.324 e. The summed E-state index contributed by atoms with van der Waals surface area (Å²) in [5.41, 5.74) is 7.33. The smallest absolute Gasteiger partial charge is 0.0295 e. The van der Waals surface area contributed by atoms with Crippen molar-refractivity contribution in [2.45, 2.75) is 23.8 Å². The van der Waals surface area contributed by atoms with E-state index in [0.29, 0.717) is 0 Å². The zero-order valence-electron chi connectivity index (χ0n) is 9.49. The lowest BCUT2D eigenvalue weighted by Crippen LogP contribution is -2.14. The Morgan fingerprint density at radius 3 is 2.53 bits per heavy atom. The van der Waals surface area contributed by atoms with Crippen LogP contribution in [0.2, 0.25) is 0 Å². The number of nitrogens with one attached hydrogen (secondary N) is 1. The zero-order valence-corrected chi connectivity index (χ0v) is 10.3. The predicted octanol–water partition coefficient (Wildman–Crippen LogP) is 2.41. The standard InChI is InChI=1S/C12H20N2S/c1-14-9-3-4-12(13)10-5-7-11(15-2)8-6-10/h5-8,12,14H,3-4,9,13H2,1-2H3. The van der Waals surface area contributed by atoms with E-state index in [4.69, 9.17) is 5.73 Å². The fourth-order valence-electron chi connectivity index (χ4n) is 1.52. The Morgan fingerprint density at radius 2 is 2.00 bits per heavy atom. The third kappa shape index (κ3) is 4.24. The van der Waals surface area contributed by atoms with E-state index < -0.39 is 0 Å². The summed E-state index contributed by atoms with van der Waals surface area (Å²) in [5.74, 6) is 0. The highest BCUT2D eigenvalue weighted by Crippen LogP contribution is 2.20. The molecule has 0 aliphatic rings. The number of hydrogen-bond donors (Lipinski definition) is 2. The van der Waals surface area contributed by atoms with Gasteiger partial charge in [-0.3, -0.25) is 0 Å². The molecule has 84 valence electrons. The molecule has 1 atom stereocenters. The first-order chi connectivity index (χ1) is 7.27. The molecule has 1 aromatic carbocycles. The van der Waals surface area contributed by atoms with E-state index in [9.17, 15) is 0 Å². The molecule has 0 aromatic heterocycles. The number of nitrogens with two attached hydrogens (primary N) is 1. The maximum absolute atomic E-state index is 6.09. The van der Waals surface area contributed by atoms with Gasteiger partial charge in [-0.2, -0.15) is 0 Å². The average Bonchev–Trinajstić information content (AvgIpc) is 2.29. The van der Waals surface area contributed by atoms with Gasteiger partial charge in [-0.05, 0) is 50.4 Å². The van der Waals surface area contributed by atoms with Crippen LogP contribution in [0.3, 0.4) is 0 Å². The minimum absolute atomic E-state index is 0.175. The van der Waals surface area contributed by atoms with Crippen molar-refractivity contribution in [2.75, 3.05) is 19.8 Å². The topological polar surface area (TPSA) is 38.0 Å². The van der Waals surface area contributed by atoms with Crippen LogP contribution in [0, 0.1) is 0 Å². The highest BCUT2D eigenvalue weighted by Gasteiger charge is 2.04. The number of hydrogen-bond acceptors (Lipinski definition) is 3. The van der Waals surface area contributed by atoms with E-state index in [1.54, 1.807) is 11.8 Å². The van der Waals surface area contributed by atoms with Crippen LogP contribution in [0.25, 0.3) is 0 Å². The Morgan fingerprint density at radius 1 is 1.33 bits per heavy atom.